The number of carbonyl (C=O) groups is 4. The van der Waals surface area contributed by atoms with Crippen molar-refractivity contribution in [1.29, 1.82) is 0 Å². The lowest BCUT2D eigenvalue weighted by Crippen LogP contribution is -2.55. The topological polar surface area (TPSA) is 183 Å². The Morgan fingerprint density at radius 3 is 2.65 bits per heavy atom. The van der Waals surface area contributed by atoms with E-state index in [1.807, 2.05) is 6.07 Å². The maximum atomic E-state index is 13.8. The quantitative estimate of drug-likeness (QED) is 0.301. The van der Waals surface area contributed by atoms with Gasteiger partial charge >= 0.3 is 5.97 Å². The summed E-state index contributed by atoms with van der Waals surface area (Å²) >= 11 is 0. The smallest absolute Gasteiger partial charge is 0.303 e. The standard InChI is InChI=1S/C24H26N8O5/c1-14(15-6-3-2-4-7-15)22(35)27-17(9-10-20(33)34)24(37)32-18(12-16-8-5-11-25-21(16)32)23(36)26-13-19-28-30-31-29-19/h2-8,11,14,17-18H,9-10,12-13H2,1H3,(H,26,36)(H,27,35)(H,33,34)(H,28,29,30,31). The van der Waals surface area contributed by atoms with Gasteiger partial charge in [-0.05, 0) is 30.5 Å². The highest BCUT2D eigenvalue weighted by molar-refractivity contribution is 6.06. The van der Waals surface area contributed by atoms with Crippen molar-refractivity contribution in [1.82, 2.24) is 36.2 Å². The third-order valence-corrected chi connectivity index (χ3v) is 6.12. The van der Waals surface area contributed by atoms with Crippen LogP contribution in [0.1, 0.15) is 42.6 Å². The van der Waals surface area contributed by atoms with Crippen LogP contribution in [0.15, 0.2) is 48.7 Å². The molecule has 1 aromatic carbocycles. The number of anilines is 1. The number of aromatic amines is 1. The zero-order chi connectivity index (χ0) is 26.4. The van der Waals surface area contributed by atoms with Crippen LogP contribution in [0.4, 0.5) is 5.82 Å². The molecule has 13 heteroatoms. The number of fused-ring (bicyclic) bond motifs is 1. The molecule has 0 bridgehead atoms. The fourth-order valence-corrected chi connectivity index (χ4v) is 4.15. The van der Waals surface area contributed by atoms with Crippen LogP contribution in [-0.2, 0) is 32.1 Å². The number of hydrogen-bond donors (Lipinski definition) is 4. The molecule has 2 aromatic heterocycles. The van der Waals surface area contributed by atoms with Crippen molar-refractivity contribution in [2.75, 3.05) is 4.90 Å². The molecule has 1 aliphatic rings. The largest absolute Gasteiger partial charge is 0.481 e. The number of aliphatic carboxylic acids is 1. The van der Waals surface area contributed by atoms with E-state index in [4.69, 9.17) is 0 Å². The fourth-order valence-electron chi connectivity index (χ4n) is 4.15. The van der Waals surface area contributed by atoms with E-state index in [9.17, 15) is 24.3 Å². The Balaban J connectivity index is 1.57. The van der Waals surface area contributed by atoms with Gasteiger partial charge in [0.1, 0.15) is 17.9 Å². The van der Waals surface area contributed by atoms with Gasteiger partial charge in [0.15, 0.2) is 5.82 Å². The molecule has 0 saturated heterocycles. The van der Waals surface area contributed by atoms with Crippen LogP contribution in [-0.4, -0.2) is 66.5 Å². The average Bonchev–Trinajstić information content (AvgIpc) is 3.57. The highest BCUT2D eigenvalue weighted by Crippen LogP contribution is 2.31. The van der Waals surface area contributed by atoms with Crippen LogP contribution in [0, 0.1) is 0 Å². The number of amides is 3. The first-order chi connectivity index (χ1) is 17.8. The van der Waals surface area contributed by atoms with E-state index in [1.54, 1.807) is 43.3 Å². The number of carboxylic acids is 1. The summed E-state index contributed by atoms with van der Waals surface area (Å²) in [6.45, 7) is 1.69. The molecule has 0 saturated carbocycles. The van der Waals surface area contributed by atoms with Gasteiger partial charge in [-0.2, -0.15) is 5.21 Å². The van der Waals surface area contributed by atoms with Crippen molar-refractivity contribution in [3.05, 3.63) is 65.6 Å². The molecule has 37 heavy (non-hydrogen) atoms. The van der Waals surface area contributed by atoms with Crippen molar-refractivity contribution in [2.45, 2.75) is 50.7 Å². The van der Waals surface area contributed by atoms with E-state index in [2.05, 4.69) is 36.2 Å². The summed E-state index contributed by atoms with van der Waals surface area (Å²) in [7, 11) is 0. The van der Waals surface area contributed by atoms with Crippen LogP contribution in [0.25, 0.3) is 0 Å². The van der Waals surface area contributed by atoms with Gasteiger partial charge in [-0.15, -0.1) is 10.2 Å². The number of aromatic nitrogens is 5. The van der Waals surface area contributed by atoms with E-state index in [1.165, 1.54) is 11.1 Å². The van der Waals surface area contributed by atoms with Crippen molar-refractivity contribution in [3.8, 4) is 0 Å². The van der Waals surface area contributed by atoms with Gasteiger partial charge in [0, 0.05) is 19.0 Å². The fraction of sp³-hybridized carbons (Fsp3) is 0.333. The molecule has 3 amide bonds. The molecule has 3 aromatic rings. The van der Waals surface area contributed by atoms with Gasteiger partial charge in [0.2, 0.25) is 11.8 Å². The number of carboxylic acid groups (broad SMARTS) is 1. The highest BCUT2D eigenvalue weighted by Gasteiger charge is 2.42. The monoisotopic (exact) mass is 506 g/mol. The van der Waals surface area contributed by atoms with E-state index >= 15 is 0 Å². The molecule has 4 N–H and O–H groups in total. The second kappa shape index (κ2) is 11.4. The maximum absolute atomic E-state index is 13.8. The summed E-state index contributed by atoms with van der Waals surface area (Å²) in [6.07, 6.45) is 1.19. The second-order valence-corrected chi connectivity index (χ2v) is 8.59. The van der Waals surface area contributed by atoms with Gasteiger partial charge < -0.3 is 15.7 Å². The maximum Gasteiger partial charge on any atom is 0.303 e. The van der Waals surface area contributed by atoms with Gasteiger partial charge in [-0.3, -0.25) is 24.1 Å². The summed E-state index contributed by atoms with van der Waals surface area (Å²) in [6, 6.07) is 10.3. The lowest BCUT2D eigenvalue weighted by Gasteiger charge is -2.29. The lowest BCUT2D eigenvalue weighted by molar-refractivity contribution is -0.138. The third kappa shape index (κ3) is 5.94. The van der Waals surface area contributed by atoms with Gasteiger partial charge in [0.05, 0.1) is 12.5 Å². The predicted molar refractivity (Wildman–Crippen MR) is 129 cm³/mol. The third-order valence-electron chi connectivity index (χ3n) is 6.12. The van der Waals surface area contributed by atoms with E-state index in [-0.39, 0.29) is 37.4 Å². The van der Waals surface area contributed by atoms with Crippen LogP contribution >= 0.6 is 0 Å². The number of H-pyrrole nitrogens is 1. The molecular formula is C24H26N8O5. The normalized spacial score (nSPS) is 15.9. The number of rotatable bonds is 10. The first-order valence-electron chi connectivity index (χ1n) is 11.7. The first-order valence-corrected chi connectivity index (χ1v) is 11.7. The van der Waals surface area contributed by atoms with Crippen molar-refractivity contribution in [2.24, 2.45) is 0 Å². The highest BCUT2D eigenvalue weighted by atomic mass is 16.4. The van der Waals surface area contributed by atoms with Crippen molar-refractivity contribution >= 4 is 29.5 Å². The number of pyridine rings is 1. The minimum atomic E-state index is -1.18. The molecule has 0 spiro atoms. The Morgan fingerprint density at radius 2 is 1.95 bits per heavy atom. The summed E-state index contributed by atoms with van der Waals surface area (Å²) < 4.78 is 0. The minimum absolute atomic E-state index is 0.00853. The summed E-state index contributed by atoms with van der Waals surface area (Å²) in [5.74, 6) is -2.67. The van der Waals surface area contributed by atoms with Crippen molar-refractivity contribution in [3.63, 3.8) is 0 Å². The second-order valence-electron chi connectivity index (χ2n) is 8.59. The minimum Gasteiger partial charge on any atom is -0.481 e. The number of benzene rings is 1. The molecular weight excluding hydrogens is 480 g/mol. The molecule has 13 nitrogen and oxygen atoms in total. The van der Waals surface area contributed by atoms with Crippen LogP contribution < -0.4 is 15.5 Å². The Labute approximate surface area is 211 Å². The SMILES string of the molecule is CC(C(=O)NC(CCC(=O)O)C(=O)N1c2ncccc2CC1C(=O)NCc1nn[nH]n1)c1ccccc1. The van der Waals surface area contributed by atoms with Crippen LogP contribution in [0.3, 0.4) is 0 Å². The number of tetrazole rings is 1. The molecule has 3 atom stereocenters. The van der Waals surface area contributed by atoms with E-state index < -0.39 is 41.7 Å². The van der Waals surface area contributed by atoms with Crippen LogP contribution in [0.5, 0.6) is 0 Å². The van der Waals surface area contributed by atoms with Crippen molar-refractivity contribution < 1.29 is 24.3 Å². The van der Waals surface area contributed by atoms with Gasteiger partial charge in [-0.25, -0.2) is 4.98 Å². The molecule has 3 unspecified atom stereocenters. The Bertz CT molecular complexity index is 1270. The molecule has 3 heterocycles. The molecule has 4 rings (SSSR count). The van der Waals surface area contributed by atoms with E-state index in [0.717, 1.165) is 5.56 Å². The molecule has 192 valence electrons. The zero-order valence-electron chi connectivity index (χ0n) is 20.0. The number of nitrogens with one attached hydrogen (secondary N) is 3. The van der Waals surface area contributed by atoms with Gasteiger partial charge in [0.25, 0.3) is 5.91 Å². The first kappa shape index (κ1) is 25.4. The molecule has 0 radical (unpaired) electrons. The summed E-state index contributed by atoms with van der Waals surface area (Å²) in [4.78, 5) is 56.9. The number of nitrogens with zero attached hydrogens (tertiary/aromatic N) is 5. The van der Waals surface area contributed by atoms with E-state index in [0.29, 0.717) is 5.56 Å². The lowest BCUT2D eigenvalue weighted by atomic mass is 9.99. The summed E-state index contributed by atoms with van der Waals surface area (Å²) in [5.41, 5.74) is 1.42. The Hall–Kier alpha value is -4.68. The van der Waals surface area contributed by atoms with Crippen LogP contribution in [0.2, 0.25) is 0 Å². The number of carbonyl (C=O) groups excluding carboxylic acids is 3. The predicted octanol–water partition coefficient (Wildman–Crippen LogP) is 0.322. The molecule has 0 fully saturated rings. The zero-order valence-corrected chi connectivity index (χ0v) is 20.0. The van der Waals surface area contributed by atoms with Gasteiger partial charge in [-0.1, -0.05) is 41.6 Å². The Morgan fingerprint density at radius 1 is 1.16 bits per heavy atom. The average molecular weight is 507 g/mol. The molecule has 0 aliphatic carbocycles. The molecule has 1 aliphatic heterocycles. The Kier molecular flexibility index (Phi) is 7.81. The number of hydrogen-bond acceptors (Lipinski definition) is 8. The summed E-state index contributed by atoms with van der Waals surface area (Å²) in [5, 5.41) is 28.0.